The van der Waals surface area contributed by atoms with Gasteiger partial charge in [-0.15, -0.1) is 10.2 Å². The lowest BCUT2D eigenvalue weighted by molar-refractivity contribution is -0.124. The van der Waals surface area contributed by atoms with Gasteiger partial charge in [-0.2, -0.15) is 0 Å². The Kier molecular flexibility index (Phi) is 4.88. The maximum atomic E-state index is 12.4. The van der Waals surface area contributed by atoms with E-state index in [0.717, 1.165) is 0 Å². The van der Waals surface area contributed by atoms with Crippen molar-refractivity contribution in [3.05, 3.63) is 47.7 Å². The number of likely N-dealkylation sites (tertiary alicyclic amines) is 1. The van der Waals surface area contributed by atoms with Gasteiger partial charge in [-0.1, -0.05) is 25.1 Å². The summed E-state index contributed by atoms with van der Waals surface area (Å²) in [4.78, 5) is 26.4. The first-order chi connectivity index (χ1) is 11.7. The van der Waals surface area contributed by atoms with Crippen LogP contribution in [0.5, 0.6) is 0 Å². The fourth-order valence-corrected chi connectivity index (χ4v) is 2.73. The van der Waals surface area contributed by atoms with E-state index in [0.29, 0.717) is 43.3 Å². The Hall–Kier alpha value is -2.70. The summed E-state index contributed by atoms with van der Waals surface area (Å²) in [5.41, 5.74) is 0.650. The Labute approximate surface area is 140 Å². The van der Waals surface area contributed by atoms with Crippen molar-refractivity contribution >= 4 is 11.8 Å². The van der Waals surface area contributed by atoms with Gasteiger partial charge in [0.05, 0.1) is 12.5 Å². The molecule has 0 spiro atoms. The Morgan fingerprint density at radius 3 is 2.71 bits per heavy atom. The lowest BCUT2D eigenvalue weighted by Crippen LogP contribution is -2.34. The van der Waals surface area contributed by atoms with Gasteiger partial charge in [-0.3, -0.25) is 9.59 Å². The van der Waals surface area contributed by atoms with E-state index >= 15 is 0 Å². The Balaban J connectivity index is 1.51. The minimum Gasteiger partial charge on any atom is -0.423 e. The molecule has 7 nitrogen and oxygen atoms in total. The first kappa shape index (κ1) is 16.2. The molecule has 1 aromatic carbocycles. The topological polar surface area (TPSA) is 88.3 Å². The van der Waals surface area contributed by atoms with Crippen molar-refractivity contribution in [1.29, 1.82) is 0 Å². The predicted octanol–water partition coefficient (Wildman–Crippen LogP) is 1.41. The van der Waals surface area contributed by atoms with E-state index in [1.54, 1.807) is 17.0 Å². The average molecular weight is 328 g/mol. The molecule has 2 amide bonds. The first-order valence-corrected chi connectivity index (χ1v) is 8.10. The molecule has 2 heterocycles. The van der Waals surface area contributed by atoms with Gasteiger partial charge in [-0.05, 0) is 18.6 Å². The molecule has 2 aromatic rings. The van der Waals surface area contributed by atoms with Gasteiger partial charge >= 0.3 is 0 Å². The Morgan fingerprint density at radius 1 is 1.25 bits per heavy atom. The minimum absolute atomic E-state index is 0.0320. The van der Waals surface area contributed by atoms with Crippen LogP contribution in [0, 0.1) is 5.92 Å². The first-order valence-electron chi connectivity index (χ1n) is 8.10. The Bertz CT molecular complexity index is 714. The number of hydrogen-bond donors (Lipinski definition) is 1. The summed E-state index contributed by atoms with van der Waals surface area (Å²) in [7, 11) is 0. The molecule has 1 aliphatic rings. The fraction of sp³-hybridized carbons (Fsp3) is 0.412. The Morgan fingerprint density at radius 2 is 2.00 bits per heavy atom. The van der Waals surface area contributed by atoms with Crippen LogP contribution >= 0.6 is 0 Å². The molecule has 1 aliphatic heterocycles. The maximum absolute atomic E-state index is 12.4. The second-order valence-electron chi connectivity index (χ2n) is 5.76. The standard InChI is InChI=1S/C17H20N4O3/c1-2-14-19-20-15(24-14)10-18-16(22)13-8-9-21(11-13)17(23)12-6-4-3-5-7-12/h3-7,13H,2,8-11H2,1H3,(H,18,22). The number of carbonyl (C=O) groups excluding carboxylic acids is 2. The summed E-state index contributed by atoms with van der Waals surface area (Å²) in [5, 5.41) is 10.5. The maximum Gasteiger partial charge on any atom is 0.253 e. The summed E-state index contributed by atoms with van der Waals surface area (Å²) >= 11 is 0. The van der Waals surface area contributed by atoms with Crippen molar-refractivity contribution < 1.29 is 14.0 Å². The number of amides is 2. The zero-order valence-electron chi connectivity index (χ0n) is 13.6. The van der Waals surface area contributed by atoms with E-state index in [9.17, 15) is 9.59 Å². The number of nitrogens with one attached hydrogen (secondary N) is 1. The number of carbonyl (C=O) groups is 2. The molecule has 1 N–H and O–H groups in total. The molecule has 0 radical (unpaired) electrons. The molecule has 3 rings (SSSR count). The number of nitrogens with zero attached hydrogens (tertiary/aromatic N) is 3. The average Bonchev–Trinajstić information content (AvgIpc) is 3.29. The third kappa shape index (κ3) is 3.61. The smallest absolute Gasteiger partial charge is 0.253 e. The third-order valence-electron chi connectivity index (χ3n) is 4.09. The molecule has 1 unspecified atom stereocenters. The van der Waals surface area contributed by atoms with Crippen LogP contribution in [0.15, 0.2) is 34.7 Å². The summed E-state index contributed by atoms with van der Waals surface area (Å²) in [6, 6.07) is 9.12. The molecule has 24 heavy (non-hydrogen) atoms. The van der Waals surface area contributed by atoms with Gasteiger partial charge in [0.1, 0.15) is 0 Å². The van der Waals surface area contributed by atoms with Crippen molar-refractivity contribution in [2.75, 3.05) is 13.1 Å². The van der Waals surface area contributed by atoms with Crippen LogP contribution in [0.3, 0.4) is 0 Å². The fourth-order valence-electron chi connectivity index (χ4n) is 2.73. The third-order valence-corrected chi connectivity index (χ3v) is 4.09. The summed E-state index contributed by atoms with van der Waals surface area (Å²) in [5.74, 6) is 0.631. The zero-order chi connectivity index (χ0) is 16.9. The van der Waals surface area contributed by atoms with Gasteiger partial charge in [-0.25, -0.2) is 0 Å². The summed E-state index contributed by atoms with van der Waals surface area (Å²) in [6.07, 6.45) is 1.33. The van der Waals surface area contributed by atoms with Crippen LogP contribution in [0.1, 0.15) is 35.5 Å². The van der Waals surface area contributed by atoms with Gasteiger partial charge in [0.15, 0.2) is 0 Å². The van der Waals surface area contributed by atoms with E-state index < -0.39 is 0 Å². The highest BCUT2D eigenvalue weighted by molar-refractivity contribution is 5.95. The normalized spacial score (nSPS) is 17.0. The highest BCUT2D eigenvalue weighted by atomic mass is 16.4. The zero-order valence-corrected chi connectivity index (χ0v) is 13.6. The largest absolute Gasteiger partial charge is 0.423 e. The molecule has 1 atom stereocenters. The summed E-state index contributed by atoms with van der Waals surface area (Å²) < 4.78 is 5.36. The second kappa shape index (κ2) is 7.25. The number of aryl methyl sites for hydroxylation is 1. The predicted molar refractivity (Wildman–Crippen MR) is 86.0 cm³/mol. The molecule has 7 heteroatoms. The van der Waals surface area contributed by atoms with Gasteiger partial charge < -0.3 is 14.6 Å². The van der Waals surface area contributed by atoms with E-state index in [2.05, 4.69) is 15.5 Å². The van der Waals surface area contributed by atoms with Gasteiger partial charge in [0.2, 0.25) is 17.7 Å². The highest BCUT2D eigenvalue weighted by Crippen LogP contribution is 2.19. The minimum atomic E-state index is -0.203. The molecule has 0 bridgehead atoms. The number of rotatable bonds is 5. The van der Waals surface area contributed by atoms with Gasteiger partial charge in [0, 0.05) is 25.1 Å². The number of benzene rings is 1. The molecule has 1 fully saturated rings. The molecule has 1 saturated heterocycles. The monoisotopic (exact) mass is 328 g/mol. The molecular weight excluding hydrogens is 308 g/mol. The lowest BCUT2D eigenvalue weighted by atomic mass is 10.1. The van der Waals surface area contributed by atoms with Crippen LogP contribution in [-0.2, 0) is 17.8 Å². The van der Waals surface area contributed by atoms with E-state index in [-0.39, 0.29) is 24.3 Å². The van der Waals surface area contributed by atoms with Crippen molar-refractivity contribution in [1.82, 2.24) is 20.4 Å². The molecule has 126 valence electrons. The van der Waals surface area contributed by atoms with Crippen LogP contribution in [0.4, 0.5) is 0 Å². The van der Waals surface area contributed by atoms with Crippen LogP contribution in [-0.4, -0.2) is 40.0 Å². The van der Waals surface area contributed by atoms with Crippen molar-refractivity contribution in [3.63, 3.8) is 0 Å². The number of aromatic nitrogens is 2. The number of hydrogen-bond acceptors (Lipinski definition) is 5. The molecule has 1 aromatic heterocycles. The van der Waals surface area contributed by atoms with Crippen molar-refractivity contribution in [2.24, 2.45) is 5.92 Å². The van der Waals surface area contributed by atoms with E-state index in [1.807, 2.05) is 25.1 Å². The SMILES string of the molecule is CCc1nnc(CNC(=O)C2CCN(C(=O)c3ccccc3)C2)o1. The highest BCUT2D eigenvalue weighted by Gasteiger charge is 2.31. The van der Waals surface area contributed by atoms with Crippen molar-refractivity contribution in [2.45, 2.75) is 26.3 Å². The van der Waals surface area contributed by atoms with Crippen LogP contribution in [0.2, 0.25) is 0 Å². The molecular formula is C17H20N4O3. The van der Waals surface area contributed by atoms with E-state index in [4.69, 9.17) is 4.42 Å². The van der Waals surface area contributed by atoms with Gasteiger partial charge in [0.25, 0.3) is 5.91 Å². The van der Waals surface area contributed by atoms with Crippen LogP contribution in [0.25, 0.3) is 0 Å². The second-order valence-corrected chi connectivity index (χ2v) is 5.76. The van der Waals surface area contributed by atoms with Crippen molar-refractivity contribution in [3.8, 4) is 0 Å². The van der Waals surface area contributed by atoms with Crippen LogP contribution < -0.4 is 5.32 Å². The van der Waals surface area contributed by atoms with E-state index in [1.165, 1.54) is 0 Å². The molecule has 0 aliphatic carbocycles. The summed E-state index contributed by atoms with van der Waals surface area (Å²) in [6.45, 7) is 3.16. The molecule has 0 saturated carbocycles. The lowest BCUT2D eigenvalue weighted by Gasteiger charge is -2.16. The quantitative estimate of drug-likeness (QED) is 0.896.